The van der Waals surface area contributed by atoms with Gasteiger partial charge in [-0.25, -0.2) is 5.01 Å². The zero-order valence-electron chi connectivity index (χ0n) is 35.6. The molecule has 6 heterocycles. The maximum atomic E-state index is 15.4. The number of ether oxygens (including phenoxy) is 4. The Bertz CT molecular complexity index is 2310. The fourth-order valence-electron chi connectivity index (χ4n) is 13.5. The summed E-state index contributed by atoms with van der Waals surface area (Å²) in [7, 11) is 4.30. The molecule has 3 N–H and O–H groups in total. The van der Waals surface area contributed by atoms with Crippen LogP contribution in [0.5, 0.6) is 5.75 Å². The molecule has 62 heavy (non-hydrogen) atoms. The normalized spacial score (nSPS) is 35.2. The molecule has 336 valence electrons. The van der Waals surface area contributed by atoms with Crippen LogP contribution in [0.4, 0.5) is 5.69 Å². The van der Waals surface area contributed by atoms with Crippen molar-refractivity contribution in [3.05, 3.63) is 71.1 Å². The molecule has 14 nitrogen and oxygen atoms in total. The molecular weight excluding hydrogens is 791 g/mol. The van der Waals surface area contributed by atoms with E-state index in [0.29, 0.717) is 81.7 Å². The number of para-hydroxylation sites is 1. The number of carbonyl (C=O) groups excluding carboxylic acids is 4. The highest BCUT2D eigenvalue weighted by Gasteiger charge is 2.80. The van der Waals surface area contributed by atoms with Gasteiger partial charge in [-0.05, 0) is 74.6 Å². The van der Waals surface area contributed by atoms with E-state index in [2.05, 4.69) is 26.4 Å². The van der Waals surface area contributed by atoms with Crippen LogP contribution in [0.1, 0.15) is 97.0 Å². The number of aliphatic hydroxyl groups is 1. The Morgan fingerprint density at radius 3 is 2.37 bits per heavy atom. The maximum Gasteiger partial charge on any atom is 0.322 e. The van der Waals surface area contributed by atoms with Gasteiger partial charge < -0.3 is 39.4 Å². The second-order valence-electron chi connectivity index (χ2n) is 18.3. The van der Waals surface area contributed by atoms with Crippen molar-refractivity contribution in [2.45, 2.75) is 116 Å². The van der Waals surface area contributed by atoms with Crippen LogP contribution in [0.15, 0.2) is 48.7 Å². The van der Waals surface area contributed by atoms with Crippen molar-refractivity contribution < 1.29 is 43.2 Å². The van der Waals surface area contributed by atoms with Crippen molar-refractivity contribution in [2.24, 2.45) is 16.7 Å². The molecule has 6 aliphatic rings. The Balaban J connectivity index is 0.00000289. The standard InChI is InChI=1S/C46H57N5O9.2CH4/c1-8-43(56)22-28-23-46(41(55)59-7,36-30(14-18-49(24-28)25-43)29-12-10-11-13-33(29)48-36)32-20-31-34(21-35(32)57-5)50(26-52)37-42(4,40(54)58-6)39(60-27(3)53)44(9-2)15-17-47-51-19-16-45(31,37)38(44)51;;/h10-13,15,17,20-21,26,28,37-39,47-48,56H,8-9,14,16,18-19,22-25H2,1-7H3;2*1H4/t28-,37+,38+,39+,42-,43+,44-,45+,46+;;/m1../s1. The van der Waals surface area contributed by atoms with E-state index in [1.807, 2.05) is 56.5 Å². The summed E-state index contributed by atoms with van der Waals surface area (Å²) in [5, 5.41) is 15.1. The topological polar surface area (TPSA) is 163 Å². The van der Waals surface area contributed by atoms with Crippen molar-refractivity contribution in [3.63, 3.8) is 0 Å². The minimum Gasteiger partial charge on any atom is -0.496 e. The third-order valence-electron chi connectivity index (χ3n) is 15.7. The smallest absolute Gasteiger partial charge is 0.322 e. The zero-order chi connectivity index (χ0) is 42.6. The number of methoxy groups -OCH3 is 3. The number of piperidine rings is 1. The van der Waals surface area contributed by atoms with E-state index in [1.165, 1.54) is 21.1 Å². The van der Waals surface area contributed by atoms with Crippen LogP contribution in [0, 0.1) is 16.7 Å². The monoisotopic (exact) mass is 855 g/mol. The summed E-state index contributed by atoms with van der Waals surface area (Å²) in [6.45, 7) is 9.62. The van der Waals surface area contributed by atoms with E-state index in [1.54, 1.807) is 18.9 Å². The van der Waals surface area contributed by atoms with Gasteiger partial charge in [0.1, 0.15) is 22.7 Å². The molecule has 5 aliphatic heterocycles. The molecule has 2 saturated heterocycles. The first-order valence-corrected chi connectivity index (χ1v) is 21.3. The number of fused-ring (bicyclic) bond motifs is 6. The summed E-state index contributed by atoms with van der Waals surface area (Å²) in [4.78, 5) is 64.6. The Morgan fingerprint density at radius 2 is 1.71 bits per heavy atom. The number of hydrogen-bond donors (Lipinski definition) is 3. The molecule has 0 radical (unpaired) electrons. The minimum absolute atomic E-state index is 0. The van der Waals surface area contributed by atoms with Gasteiger partial charge in [0.25, 0.3) is 0 Å². The van der Waals surface area contributed by atoms with Gasteiger partial charge in [0.2, 0.25) is 6.41 Å². The van der Waals surface area contributed by atoms with Crippen molar-refractivity contribution in [1.82, 2.24) is 20.3 Å². The van der Waals surface area contributed by atoms with E-state index >= 15 is 4.79 Å². The number of benzene rings is 2. The van der Waals surface area contributed by atoms with E-state index < -0.39 is 63.4 Å². The molecule has 2 bridgehead atoms. The van der Waals surface area contributed by atoms with Gasteiger partial charge in [-0.3, -0.25) is 24.1 Å². The molecule has 14 heteroatoms. The Kier molecular flexibility index (Phi) is 11.4. The molecule has 1 aliphatic carbocycles. The number of rotatable bonds is 8. The first kappa shape index (κ1) is 45.1. The summed E-state index contributed by atoms with van der Waals surface area (Å²) in [6.07, 6.45) is 6.61. The molecule has 1 saturated carbocycles. The van der Waals surface area contributed by atoms with Crippen LogP contribution in [0.2, 0.25) is 0 Å². The summed E-state index contributed by atoms with van der Waals surface area (Å²) in [6, 6.07) is 10.7. The highest BCUT2D eigenvalue weighted by molar-refractivity contribution is 5.96. The first-order chi connectivity index (χ1) is 28.8. The average molecular weight is 856 g/mol. The third kappa shape index (κ3) is 5.77. The van der Waals surface area contributed by atoms with Crippen molar-refractivity contribution in [2.75, 3.05) is 52.4 Å². The number of aromatic amines is 1. The Morgan fingerprint density at radius 1 is 0.968 bits per heavy atom. The number of esters is 3. The lowest BCUT2D eigenvalue weighted by atomic mass is 9.45. The van der Waals surface area contributed by atoms with Crippen LogP contribution in [-0.2, 0) is 50.6 Å². The van der Waals surface area contributed by atoms with Crippen LogP contribution < -0.4 is 15.1 Å². The van der Waals surface area contributed by atoms with Crippen molar-refractivity contribution in [1.29, 1.82) is 0 Å². The lowest BCUT2D eigenvalue weighted by molar-refractivity contribution is -0.205. The highest BCUT2D eigenvalue weighted by Crippen LogP contribution is 2.70. The molecule has 10 atom stereocenters. The maximum absolute atomic E-state index is 15.4. The molecular formula is C48H65N5O9. The quantitative estimate of drug-likeness (QED) is 0.148. The van der Waals surface area contributed by atoms with Crippen LogP contribution in [-0.4, -0.2) is 116 Å². The van der Waals surface area contributed by atoms with Gasteiger partial charge in [-0.1, -0.05) is 53.0 Å². The number of hydrogen-bond acceptors (Lipinski definition) is 12. The fourth-order valence-corrected chi connectivity index (χ4v) is 13.5. The number of aromatic nitrogens is 1. The molecule has 1 spiro atoms. The van der Waals surface area contributed by atoms with Gasteiger partial charge in [-0.15, -0.1) is 0 Å². The highest BCUT2D eigenvalue weighted by atomic mass is 16.6. The SMILES string of the molecule is C.C.CC[C@]1(O)C[C@H]2CN(CCc3c([nH]c4ccccc34)[C@@](C(=O)OC)(c3cc4c(cc3OC)N(C=O)[C@H]3[C@@](C)(C(=O)OC)[C@H](OC(C)=O)[C@]5(CC)C=CNN6CC[C@]43[C@@H]65)C2)C1. The summed E-state index contributed by atoms with van der Waals surface area (Å²) in [5.74, 6) is -1.37. The van der Waals surface area contributed by atoms with Gasteiger partial charge in [-0.2, -0.15) is 0 Å². The number of H-pyrrole nitrogens is 1. The molecule has 3 aromatic rings. The molecule has 1 amide bonds. The summed E-state index contributed by atoms with van der Waals surface area (Å²) >= 11 is 0. The Labute approximate surface area is 365 Å². The average Bonchev–Trinajstić information content (AvgIpc) is 3.92. The van der Waals surface area contributed by atoms with Gasteiger partial charge in [0.05, 0.1) is 44.7 Å². The fraction of sp³-hybridized carbons (Fsp3) is 0.583. The van der Waals surface area contributed by atoms with Crippen LogP contribution in [0.3, 0.4) is 0 Å². The zero-order valence-corrected chi connectivity index (χ0v) is 35.6. The van der Waals surface area contributed by atoms with Crippen molar-refractivity contribution >= 4 is 40.9 Å². The van der Waals surface area contributed by atoms with Crippen molar-refractivity contribution in [3.8, 4) is 5.75 Å². The van der Waals surface area contributed by atoms with Crippen LogP contribution in [0.25, 0.3) is 10.9 Å². The van der Waals surface area contributed by atoms with E-state index in [-0.39, 0.29) is 20.8 Å². The molecule has 2 aromatic carbocycles. The second kappa shape index (κ2) is 15.7. The van der Waals surface area contributed by atoms with E-state index in [9.17, 15) is 19.5 Å². The minimum atomic E-state index is -1.56. The molecule has 3 fully saturated rings. The first-order valence-electron chi connectivity index (χ1n) is 21.3. The van der Waals surface area contributed by atoms with E-state index in [0.717, 1.165) is 34.1 Å². The van der Waals surface area contributed by atoms with E-state index in [4.69, 9.17) is 18.9 Å². The van der Waals surface area contributed by atoms with Crippen LogP contribution >= 0.6 is 0 Å². The largest absolute Gasteiger partial charge is 0.496 e. The third-order valence-corrected chi connectivity index (χ3v) is 15.7. The number of nitrogens with zero attached hydrogens (tertiary/aromatic N) is 3. The van der Waals surface area contributed by atoms with Gasteiger partial charge in [0.15, 0.2) is 0 Å². The Hall–Kier alpha value is -4.92. The second-order valence-corrected chi connectivity index (χ2v) is 18.3. The lowest BCUT2D eigenvalue weighted by Crippen LogP contribution is -2.78. The number of amides is 1. The molecule has 9 rings (SSSR count). The summed E-state index contributed by atoms with van der Waals surface area (Å²) < 4.78 is 24.2. The number of carbonyl (C=O) groups is 4. The molecule has 1 aromatic heterocycles. The lowest BCUT2D eigenvalue weighted by Gasteiger charge is -2.64. The number of hydrazine groups is 1. The van der Waals surface area contributed by atoms with Gasteiger partial charge in [0, 0.05) is 78.4 Å². The predicted octanol–water partition coefficient (Wildman–Crippen LogP) is 5.53. The number of anilines is 1. The molecule has 1 unspecified atom stereocenters. The predicted molar refractivity (Wildman–Crippen MR) is 235 cm³/mol. The number of nitrogens with one attached hydrogen (secondary N) is 2. The summed E-state index contributed by atoms with van der Waals surface area (Å²) in [5.41, 5.74) is 2.13. The van der Waals surface area contributed by atoms with Gasteiger partial charge >= 0.3 is 17.9 Å².